The molecule has 0 aliphatic heterocycles. The maximum absolute atomic E-state index is 13.2. The van der Waals surface area contributed by atoms with Gasteiger partial charge in [0.1, 0.15) is 0 Å². The second kappa shape index (κ2) is 15.3. The van der Waals surface area contributed by atoms with Gasteiger partial charge in [-0.1, -0.05) is 118 Å². The van der Waals surface area contributed by atoms with Crippen molar-refractivity contribution in [1.82, 2.24) is 9.66 Å². The first kappa shape index (κ1) is 32.3. The van der Waals surface area contributed by atoms with Crippen molar-refractivity contribution < 1.29 is 13.3 Å². The van der Waals surface area contributed by atoms with Crippen LogP contribution in [0.25, 0.3) is 22.4 Å². The van der Waals surface area contributed by atoms with Crippen LogP contribution in [0.1, 0.15) is 56.6 Å². The Kier molecular flexibility index (Phi) is 10.7. The molecular formula is C36H37N5O4S. The Morgan fingerprint density at radius 3 is 2.07 bits per heavy atom. The average molecular weight is 636 g/mol. The number of sulfonamides is 1. The third-order valence-corrected chi connectivity index (χ3v) is 9.03. The van der Waals surface area contributed by atoms with Gasteiger partial charge in [0.15, 0.2) is 0 Å². The molecule has 1 aromatic heterocycles. The van der Waals surface area contributed by atoms with E-state index in [1.54, 1.807) is 12.4 Å². The van der Waals surface area contributed by atoms with E-state index in [0.29, 0.717) is 5.69 Å². The summed E-state index contributed by atoms with van der Waals surface area (Å²) >= 11 is 0. The molecule has 0 amide bonds. The topological polar surface area (TPSA) is 119 Å². The van der Waals surface area contributed by atoms with E-state index in [4.69, 9.17) is 0 Å². The van der Waals surface area contributed by atoms with Crippen molar-refractivity contribution in [2.24, 2.45) is 5.10 Å². The standard InChI is InChI=1S/C36H37N5O4S/c1-2-3-4-5-6-8-11-28-14-16-30(17-15-28)31-18-20-32(21-19-31)35-27-40(37-26-29-12-9-7-10-13-29)36(38-35)39-46(44,45)34-24-22-33(23-25-34)41(42)43/h7,9-10,12-27H,2-6,8,11H2,1H3,(H,38,39). The van der Waals surface area contributed by atoms with Crippen molar-refractivity contribution in [2.45, 2.75) is 56.8 Å². The Bertz CT molecular complexity index is 1870. The number of imidazole rings is 1. The third-order valence-electron chi connectivity index (χ3n) is 7.69. The lowest BCUT2D eigenvalue weighted by Crippen LogP contribution is -2.15. The van der Waals surface area contributed by atoms with Crippen LogP contribution in [0.2, 0.25) is 0 Å². The molecule has 1 N–H and O–H groups in total. The highest BCUT2D eigenvalue weighted by atomic mass is 32.2. The first-order valence-electron chi connectivity index (χ1n) is 15.5. The molecule has 4 aromatic carbocycles. The lowest BCUT2D eigenvalue weighted by atomic mass is 9.99. The molecule has 0 bridgehead atoms. The number of rotatable bonds is 15. The minimum absolute atomic E-state index is 0.0226. The number of anilines is 1. The highest BCUT2D eigenvalue weighted by Gasteiger charge is 2.20. The summed E-state index contributed by atoms with van der Waals surface area (Å²) in [7, 11) is -4.12. The van der Waals surface area contributed by atoms with E-state index in [0.717, 1.165) is 40.8 Å². The molecule has 0 atom stereocenters. The van der Waals surface area contributed by atoms with E-state index < -0.39 is 14.9 Å². The molecule has 0 unspecified atom stereocenters. The molecule has 0 aliphatic carbocycles. The Labute approximate surface area is 269 Å². The molecule has 46 heavy (non-hydrogen) atoms. The Morgan fingerprint density at radius 1 is 0.804 bits per heavy atom. The molecule has 5 rings (SSSR count). The minimum Gasteiger partial charge on any atom is -0.258 e. The van der Waals surface area contributed by atoms with Gasteiger partial charge >= 0.3 is 0 Å². The lowest BCUT2D eigenvalue weighted by molar-refractivity contribution is -0.384. The summed E-state index contributed by atoms with van der Waals surface area (Å²) in [4.78, 5) is 14.9. The van der Waals surface area contributed by atoms with Gasteiger partial charge in [0, 0.05) is 17.7 Å². The Morgan fingerprint density at radius 2 is 1.41 bits per heavy atom. The molecule has 0 spiro atoms. The molecule has 1 heterocycles. The van der Waals surface area contributed by atoms with E-state index in [-0.39, 0.29) is 16.5 Å². The summed E-state index contributed by atoms with van der Waals surface area (Å²) < 4.78 is 30.3. The fourth-order valence-electron chi connectivity index (χ4n) is 5.07. The predicted molar refractivity (Wildman–Crippen MR) is 184 cm³/mol. The van der Waals surface area contributed by atoms with Gasteiger partial charge in [0.2, 0.25) is 5.95 Å². The second-order valence-electron chi connectivity index (χ2n) is 11.1. The minimum atomic E-state index is -4.12. The second-order valence-corrected chi connectivity index (χ2v) is 12.8. The summed E-state index contributed by atoms with van der Waals surface area (Å²) in [5, 5.41) is 15.5. The van der Waals surface area contributed by atoms with Crippen molar-refractivity contribution in [1.29, 1.82) is 0 Å². The van der Waals surface area contributed by atoms with Gasteiger partial charge in [-0.15, -0.1) is 0 Å². The van der Waals surface area contributed by atoms with Crippen LogP contribution < -0.4 is 4.72 Å². The summed E-state index contributed by atoms with van der Waals surface area (Å²) in [5.74, 6) is -0.0226. The number of nitro benzene ring substituents is 1. The number of nitrogens with zero attached hydrogens (tertiary/aromatic N) is 4. The zero-order valence-corrected chi connectivity index (χ0v) is 26.6. The van der Waals surface area contributed by atoms with E-state index >= 15 is 0 Å². The number of unbranched alkanes of at least 4 members (excludes halogenated alkanes) is 5. The van der Waals surface area contributed by atoms with Crippen LogP contribution in [-0.2, 0) is 16.4 Å². The monoisotopic (exact) mass is 635 g/mol. The van der Waals surface area contributed by atoms with Crippen molar-refractivity contribution in [2.75, 3.05) is 4.72 Å². The number of hydrogen-bond donors (Lipinski definition) is 1. The molecule has 0 aliphatic rings. The van der Waals surface area contributed by atoms with Crippen LogP contribution in [0, 0.1) is 10.1 Å². The van der Waals surface area contributed by atoms with E-state index in [9.17, 15) is 18.5 Å². The number of aromatic nitrogens is 2. The van der Waals surface area contributed by atoms with Crippen LogP contribution in [0.15, 0.2) is 119 Å². The van der Waals surface area contributed by atoms with Crippen LogP contribution in [0.4, 0.5) is 11.6 Å². The highest BCUT2D eigenvalue weighted by Crippen LogP contribution is 2.27. The van der Waals surface area contributed by atoms with Crippen molar-refractivity contribution >= 4 is 27.9 Å². The fraction of sp³-hybridized carbons (Fsp3) is 0.222. The molecule has 0 fully saturated rings. The van der Waals surface area contributed by atoms with Gasteiger partial charge in [-0.2, -0.15) is 5.10 Å². The first-order chi connectivity index (χ1) is 22.3. The molecule has 236 valence electrons. The predicted octanol–water partition coefficient (Wildman–Crippen LogP) is 8.71. The molecule has 10 heteroatoms. The van der Waals surface area contributed by atoms with Crippen LogP contribution in [-0.4, -0.2) is 29.2 Å². The molecular weight excluding hydrogens is 598 g/mol. The van der Waals surface area contributed by atoms with Crippen LogP contribution in [0.5, 0.6) is 0 Å². The van der Waals surface area contributed by atoms with Gasteiger partial charge in [0.25, 0.3) is 15.7 Å². The summed E-state index contributed by atoms with van der Waals surface area (Å²) in [5.41, 5.74) is 5.46. The third kappa shape index (κ3) is 8.54. The van der Waals surface area contributed by atoms with Gasteiger partial charge < -0.3 is 0 Å². The fourth-order valence-corrected chi connectivity index (χ4v) is 6.06. The first-order valence-corrected chi connectivity index (χ1v) is 17.0. The van der Waals surface area contributed by atoms with Crippen LogP contribution >= 0.6 is 0 Å². The Balaban J connectivity index is 1.34. The van der Waals surface area contributed by atoms with Crippen molar-refractivity contribution in [3.63, 3.8) is 0 Å². The van der Waals surface area contributed by atoms with E-state index in [1.165, 1.54) is 60.9 Å². The maximum atomic E-state index is 13.2. The normalized spacial score (nSPS) is 11.6. The van der Waals surface area contributed by atoms with Crippen molar-refractivity contribution in [3.05, 3.63) is 131 Å². The quantitative estimate of drug-likeness (QED) is 0.0534. The van der Waals surface area contributed by atoms with Crippen molar-refractivity contribution in [3.8, 4) is 22.4 Å². The molecule has 0 radical (unpaired) electrons. The number of nitro groups is 1. The smallest absolute Gasteiger partial charge is 0.258 e. The van der Waals surface area contributed by atoms with E-state index in [2.05, 4.69) is 46.0 Å². The van der Waals surface area contributed by atoms with E-state index in [1.807, 2.05) is 54.6 Å². The SMILES string of the molecule is CCCCCCCCc1ccc(-c2ccc(-c3cn(N=Cc4ccccc4)c(NS(=O)(=O)c4ccc([N+](=O)[O-])cc4)n3)cc2)cc1. The maximum Gasteiger partial charge on any atom is 0.269 e. The van der Waals surface area contributed by atoms with Gasteiger partial charge in [0.05, 0.1) is 27.9 Å². The average Bonchev–Trinajstić information content (AvgIpc) is 3.48. The highest BCUT2D eigenvalue weighted by molar-refractivity contribution is 7.92. The Hall–Kier alpha value is -5.09. The van der Waals surface area contributed by atoms with Gasteiger partial charge in [-0.05, 0) is 47.2 Å². The molecule has 9 nitrogen and oxygen atoms in total. The number of nitrogens with one attached hydrogen (secondary N) is 1. The number of benzene rings is 4. The van der Waals surface area contributed by atoms with Gasteiger partial charge in [-0.25, -0.2) is 22.8 Å². The zero-order valence-electron chi connectivity index (χ0n) is 25.7. The number of hydrogen-bond acceptors (Lipinski definition) is 6. The lowest BCUT2D eigenvalue weighted by Gasteiger charge is -2.07. The summed E-state index contributed by atoms with van der Waals surface area (Å²) in [6.07, 6.45) is 12.1. The number of aryl methyl sites for hydroxylation is 1. The summed E-state index contributed by atoms with van der Waals surface area (Å²) in [6.45, 7) is 2.24. The zero-order chi connectivity index (χ0) is 32.4. The van der Waals surface area contributed by atoms with Crippen LogP contribution in [0.3, 0.4) is 0 Å². The largest absolute Gasteiger partial charge is 0.269 e. The molecule has 0 saturated heterocycles. The molecule has 5 aromatic rings. The summed E-state index contributed by atoms with van der Waals surface area (Å²) in [6, 6.07) is 30.7. The number of non-ortho nitro benzene ring substituents is 1. The van der Waals surface area contributed by atoms with Gasteiger partial charge in [-0.3, -0.25) is 10.1 Å². The molecule has 0 saturated carbocycles.